The maximum Gasteiger partial charge on any atom is 0.420 e. The van der Waals surface area contributed by atoms with Crippen molar-refractivity contribution in [3.05, 3.63) is 59.2 Å². The molecule has 29 heavy (non-hydrogen) atoms. The summed E-state index contributed by atoms with van der Waals surface area (Å²) in [6, 6.07) is 4.76. The van der Waals surface area contributed by atoms with Crippen LogP contribution in [-0.4, -0.2) is 26.7 Å². The first-order valence-electron chi connectivity index (χ1n) is 9.16. The average Bonchev–Trinajstić information content (AvgIpc) is 2.65. The summed E-state index contributed by atoms with van der Waals surface area (Å²) in [6.07, 6.45) is -1.18. The van der Waals surface area contributed by atoms with Gasteiger partial charge in [-0.1, -0.05) is 31.4 Å². The molecule has 1 aliphatic carbocycles. The third kappa shape index (κ3) is 4.50. The van der Waals surface area contributed by atoms with Crippen molar-refractivity contribution in [3.63, 3.8) is 0 Å². The van der Waals surface area contributed by atoms with Crippen molar-refractivity contribution < 1.29 is 32.6 Å². The predicted octanol–water partition coefficient (Wildman–Crippen LogP) is 4.11. The molecule has 0 saturated heterocycles. The van der Waals surface area contributed by atoms with Crippen LogP contribution in [0.2, 0.25) is 0 Å². The summed E-state index contributed by atoms with van der Waals surface area (Å²) in [4.78, 5) is 16.3. The van der Waals surface area contributed by atoms with E-state index in [0.717, 1.165) is 18.7 Å². The molecule has 0 aliphatic heterocycles. The fourth-order valence-corrected chi connectivity index (χ4v) is 3.72. The van der Waals surface area contributed by atoms with Gasteiger partial charge in [0.2, 0.25) is 0 Å². The number of carbonyl (C=O) groups is 1. The minimum atomic E-state index is -4.87. The van der Waals surface area contributed by atoms with Crippen molar-refractivity contribution in [1.82, 2.24) is 10.3 Å². The molecule has 5 nitrogen and oxygen atoms in total. The monoisotopic (exact) mass is 412 g/mol. The minimum absolute atomic E-state index is 0.272. The molecule has 1 atom stereocenters. The summed E-state index contributed by atoms with van der Waals surface area (Å²) in [6.45, 7) is 0. The topological polar surface area (TPSA) is 82.5 Å². The van der Waals surface area contributed by atoms with Crippen molar-refractivity contribution in [1.29, 1.82) is 0 Å². The van der Waals surface area contributed by atoms with Gasteiger partial charge in [-0.2, -0.15) is 13.2 Å². The number of hydrogen-bond acceptors (Lipinski definition) is 4. The van der Waals surface area contributed by atoms with E-state index in [-0.39, 0.29) is 5.56 Å². The number of aromatic hydroxyl groups is 1. The Morgan fingerprint density at radius 3 is 2.48 bits per heavy atom. The number of halogens is 4. The fraction of sp³-hybridized carbons (Fsp3) is 0.400. The second-order valence-corrected chi connectivity index (χ2v) is 7.18. The van der Waals surface area contributed by atoms with E-state index in [2.05, 4.69) is 10.3 Å². The zero-order chi connectivity index (χ0) is 21.2. The molecule has 0 radical (unpaired) electrons. The Balaban J connectivity index is 1.97. The van der Waals surface area contributed by atoms with E-state index < -0.39 is 46.6 Å². The van der Waals surface area contributed by atoms with Gasteiger partial charge >= 0.3 is 6.18 Å². The largest absolute Gasteiger partial charge is 0.505 e. The van der Waals surface area contributed by atoms with Crippen LogP contribution >= 0.6 is 0 Å². The summed E-state index contributed by atoms with van der Waals surface area (Å²) >= 11 is 0. The number of aliphatic hydroxyl groups is 1. The van der Waals surface area contributed by atoms with E-state index in [1.807, 2.05) is 0 Å². The number of nitrogens with one attached hydrogen (secondary N) is 1. The molecule has 1 unspecified atom stereocenters. The molecule has 1 fully saturated rings. The van der Waals surface area contributed by atoms with Crippen LogP contribution in [0.15, 0.2) is 36.5 Å². The molecule has 1 saturated carbocycles. The highest BCUT2D eigenvalue weighted by Crippen LogP contribution is 2.40. The number of nitrogens with zero attached hydrogens (tertiary/aromatic N) is 1. The summed E-state index contributed by atoms with van der Waals surface area (Å²) < 4.78 is 52.8. The number of pyridine rings is 1. The first kappa shape index (κ1) is 21.0. The molecule has 9 heteroatoms. The van der Waals surface area contributed by atoms with Crippen LogP contribution in [-0.2, 0) is 6.18 Å². The van der Waals surface area contributed by atoms with Gasteiger partial charge in [-0.05, 0) is 36.6 Å². The molecule has 2 aromatic rings. The Morgan fingerprint density at radius 2 is 1.86 bits per heavy atom. The maximum atomic E-state index is 13.8. The Bertz CT molecular complexity index is 896. The molecule has 1 aromatic carbocycles. The second kappa shape index (κ2) is 7.98. The van der Waals surface area contributed by atoms with E-state index in [4.69, 9.17) is 0 Å². The van der Waals surface area contributed by atoms with Gasteiger partial charge in [0.05, 0.1) is 11.6 Å². The summed E-state index contributed by atoms with van der Waals surface area (Å²) in [5.74, 6) is -2.98. The predicted molar refractivity (Wildman–Crippen MR) is 95.5 cm³/mol. The molecule has 0 spiro atoms. The molecule has 3 rings (SSSR count). The smallest absolute Gasteiger partial charge is 0.420 e. The average molecular weight is 412 g/mol. The molecule has 1 aliphatic rings. The highest BCUT2D eigenvalue weighted by Gasteiger charge is 2.41. The first-order chi connectivity index (χ1) is 13.6. The van der Waals surface area contributed by atoms with Crippen LogP contribution in [0.3, 0.4) is 0 Å². The standard InChI is InChI=1S/C20H20F4N2O3/c21-13-6-4-5-12(11-13)17(19(29)8-2-1-3-9-19)26-18(28)15-16(27)14(7-10-25-15)20(22,23)24/h4-7,10-11,17,27,29H,1-3,8-9H2,(H,26,28). The lowest BCUT2D eigenvalue weighted by Gasteiger charge is -2.39. The van der Waals surface area contributed by atoms with E-state index in [1.165, 1.54) is 18.2 Å². The summed E-state index contributed by atoms with van der Waals surface area (Å²) in [5.41, 5.74) is -3.34. The SMILES string of the molecule is O=C(NC(c1cccc(F)c1)C1(O)CCCCC1)c1nccc(C(F)(F)F)c1O. The van der Waals surface area contributed by atoms with Gasteiger partial charge in [-0.3, -0.25) is 4.79 Å². The molecule has 1 aromatic heterocycles. The molecular formula is C20H20F4N2O3. The normalized spacial score (nSPS) is 17.6. The van der Waals surface area contributed by atoms with E-state index in [9.17, 15) is 32.6 Å². The van der Waals surface area contributed by atoms with Gasteiger partial charge < -0.3 is 15.5 Å². The van der Waals surface area contributed by atoms with Gasteiger partial charge in [0.15, 0.2) is 11.4 Å². The maximum absolute atomic E-state index is 13.8. The quantitative estimate of drug-likeness (QED) is 0.660. The lowest BCUT2D eigenvalue weighted by atomic mass is 9.77. The molecular weight excluding hydrogens is 392 g/mol. The summed E-state index contributed by atoms with van der Waals surface area (Å²) in [5, 5.41) is 23.5. The number of aromatic nitrogens is 1. The van der Waals surface area contributed by atoms with Gasteiger partial charge in [0.25, 0.3) is 5.91 Å². The van der Waals surface area contributed by atoms with Crippen LogP contribution in [0.4, 0.5) is 17.6 Å². The number of amides is 1. The Hall–Kier alpha value is -2.68. The van der Waals surface area contributed by atoms with Gasteiger partial charge in [-0.15, -0.1) is 0 Å². The van der Waals surface area contributed by atoms with Crippen LogP contribution in [0.25, 0.3) is 0 Å². The van der Waals surface area contributed by atoms with Crippen molar-refractivity contribution >= 4 is 5.91 Å². The van der Waals surface area contributed by atoms with Gasteiger partial charge in [0.1, 0.15) is 11.4 Å². The third-order valence-corrected chi connectivity index (χ3v) is 5.16. The van der Waals surface area contributed by atoms with E-state index in [1.54, 1.807) is 0 Å². The second-order valence-electron chi connectivity index (χ2n) is 7.18. The highest BCUT2D eigenvalue weighted by atomic mass is 19.4. The van der Waals surface area contributed by atoms with E-state index >= 15 is 0 Å². The zero-order valence-electron chi connectivity index (χ0n) is 15.3. The Kier molecular flexibility index (Phi) is 5.79. The lowest BCUT2D eigenvalue weighted by molar-refractivity contribution is -0.138. The highest BCUT2D eigenvalue weighted by molar-refractivity contribution is 5.95. The molecule has 0 bridgehead atoms. The minimum Gasteiger partial charge on any atom is -0.505 e. The molecule has 1 amide bonds. The first-order valence-corrected chi connectivity index (χ1v) is 9.16. The third-order valence-electron chi connectivity index (χ3n) is 5.16. The Morgan fingerprint density at radius 1 is 1.17 bits per heavy atom. The van der Waals surface area contributed by atoms with Crippen LogP contribution in [0, 0.1) is 5.82 Å². The number of carbonyl (C=O) groups excluding carboxylic acids is 1. The van der Waals surface area contributed by atoms with Crippen molar-refractivity contribution in [2.24, 2.45) is 0 Å². The fourth-order valence-electron chi connectivity index (χ4n) is 3.72. The van der Waals surface area contributed by atoms with E-state index in [0.29, 0.717) is 31.7 Å². The lowest BCUT2D eigenvalue weighted by Crippen LogP contribution is -2.47. The zero-order valence-corrected chi connectivity index (χ0v) is 15.3. The molecule has 156 valence electrons. The van der Waals surface area contributed by atoms with Crippen LogP contribution in [0.1, 0.15) is 59.8 Å². The van der Waals surface area contributed by atoms with Gasteiger partial charge in [0, 0.05) is 6.20 Å². The van der Waals surface area contributed by atoms with Gasteiger partial charge in [-0.25, -0.2) is 9.37 Å². The number of hydrogen-bond donors (Lipinski definition) is 3. The van der Waals surface area contributed by atoms with Crippen LogP contribution < -0.4 is 5.32 Å². The Labute approximate surface area is 164 Å². The molecule has 1 heterocycles. The van der Waals surface area contributed by atoms with Crippen molar-refractivity contribution in [3.8, 4) is 5.75 Å². The number of rotatable bonds is 4. The van der Waals surface area contributed by atoms with Crippen molar-refractivity contribution in [2.75, 3.05) is 0 Å². The number of benzene rings is 1. The number of alkyl halides is 3. The summed E-state index contributed by atoms with van der Waals surface area (Å²) in [7, 11) is 0. The van der Waals surface area contributed by atoms with Crippen LogP contribution in [0.5, 0.6) is 5.75 Å². The van der Waals surface area contributed by atoms with Crippen molar-refractivity contribution in [2.45, 2.75) is 49.9 Å². The molecule has 3 N–H and O–H groups in total.